The number of ether oxygens (including phenoxy) is 2. The van der Waals surface area contributed by atoms with Crippen LogP contribution in [0.1, 0.15) is 13.8 Å². The molecule has 1 aromatic heterocycles. The monoisotopic (exact) mass is 498 g/mol. The Hall–Kier alpha value is -3.49. The van der Waals surface area contributed by atoms with Gasteiger partial charge in [-0.2, -0.15) is 4.98 Å². The lowest BCUT2D eigenvalue weighted by Crippen LogP contribution is -2.05. The summed E-state index contributed by atoms with van der Waals surface area (Å²) in [6.45, 7) is 4.88. The molecule has 0 unspecified atom stereocenters. The number of oxazole rings is 1. The molecule has 0 amide bonds. The van der Waals surface area contributed by atoms with Gasteiger partial charge in [-0.3, -0.25) is 0 Å². The molecule has 0 fully saturated rings. The van der Waals surface area contributed by atoms with Crippen molar-refractivity contribution in [3.8, 4) is 23.0 Å². The van der Waals surface area contributed by atoms with Crippen molar-refractivity contribution in [2.24, 2.45) is 0 Å². The summed E-state index contributed by atoms with van der Waals surface area (Å²) in [6.07, 6.45) is 0. The topological polar surface area (TPSA) is 90.7 Å². The summed E-state index contributed by atoms with van der Waals surface area (Å²) in [5, 5.41) is 3.24. The third-order valence-corrected chi connectivity index (χ3v) is 6.74. The van der Waals surface area contributed by atoms with Crippen LogP contribution in [0.25, 0.3) is 11.5 Å². The smallest absolute Gasteiger partial charge is 0.238 e. The van der Waals surface area contributed by atoms with Crippen LogP contribution in [0, 0.1) is 0 Å². The minimum absolute atomic E-state index is 0.00277. The van der Waals surface area contributed by atoms with Gasteiger partial charge in [-0.15, -0.1) is 0 Å². The van der Waals surface area contributed by atoms with E-state index < -0.39 is 9.84 Å². The van der Waals surface area contributed by atoms with Crippen LogP contribution in [-0.2, 0) is 9.84 Å². The fourth-order valence-electron chi connectivity index (χ4n) is 3.21. The molecule has 0 saturated heterocycles. The van der Waals surface area contributed by atoms with Gasteiger partial charge in [-0.25, -0.2) is 8.42 Å². The Bertz CT molecular complexity index is 1350. The van der Waals surface area contributed by atoms with E-state index >= 15 is 0 Å². The molecule has 3 aromatic carbocycles. The van der Waals surface area contributed by atoms with Crippen LogP contribution in [0.2, 0.25) is 5.02 Å². The highest BCUT2D eigenvalue weighted by Gasteiger charge is 2.29. The molecule has 4 aromatic rings. The summed E-state index contributed by atoms with van der Waals surface area (Å²) in [7, 11) is -4.00. The van der Waals surface area contributed by atoms with Crippen molar-refractivity contribution in [2.75, 3.05) is 18.5 Å². The van der Waals surface area contributed by atoms with Gasteiger partial charge in [0.15, 0.2) is 0 Å². The number of benzene rings is 3. The molecule has 4 rings (SSSR count). The SMILES string of the molecule is CCOc1ccc(Nc2oc(-c3ccc(OCC)cc3)nc2S(=O)(=O)c2ccc(Cl)cc2)cc1. The summed E-state index contributed by atoms with van der Waals surface area (Å²) in [4.78, 5) is 4.41. The molecule has 176 valence electrons. The summed E-state index contributed by atoms with van der Waals surface area (Å²) in [5.74, 6) is 1.56. The quantitative estimate of drug-likeness (QED) is 0.286. The van der Waals surface area contributed by atoms with E-state index in [-0.39, 0.29) is 21.7 Å². The van der Waals surface area contributed by atoms with Crippen molar-refractivity contribution in [2.45, 2.75) is 23.8 Å². The number of anilines is 2. The van der Waals surface area contributed by atoms with E-state index in [9.17, 15) is 8.42 Å². The second-order valence-corrected chi connectivity index (χ2v) is 9.45. The van der Waals surface area contributed by atoms with Gasteiger partial charge in [0.2, 0.25) is 26.6 Å². The third-order valence-electron chi connectivity index (χ3n) is 4.81. The highest BCUT2D eigenvalue weighted by Crippen LogP contribution is 2.35. The van der Waals surface area contributed by atoms with Gasteiger partial charge >= 0.3 is 0 Å². The van der Waals surface area contributed by atoms with E-state index in [1.54, 1.807) is 48.5 Å². The van der Waals surface area contributed by atoms with E-state index in [0.29, 0.717) is 41.0 Å². The van der Waals surface area contributed by atoms with E-state index in [1.807, 2.05) is 13.8 Å². The number of sulfone groups is 1. The summed E-state index contributed by atoms with van der Waals surface area (Å²) >= 11 is 5.94. The lowest BCUT2D eigenvalue weighted by Gasteiger charge is -2.08. The standard InChI is InChI=1S/C25H23ClN2O5S/c1-3-31-20-11-5-17(6-12-20)23-28-25(34(29,30)22-15-7-18(26)8-16-22)24(33-23)27-19-9-13-21(14-10-19)32-4-2/h5-16,27H,3-4H2,1-2H3. The predicted octanol–water partition coefficient (Wildman–Crippen LogP) is 6.37. The molecule has 34 heavy (non-hydrogen) atoms. The molecule has 0 bridgehead atoms. The predicted molar refractivity (Wildman–Crippen MR) is 131 cm³/mol. The number of nitrogens with zero attached hydrogens (tertiary/aromatic N) is 1. The Labute approximate surface area is 203 Å². The van der Waals surface area contributed by atoms with E-state index in [2.05, 4.69) is 10.3 Å². The zero-order valence-corrected chi connectivity index (χ0v) is 20.2. The highest BCUT2D eigenvalue weighted by atomic mass is 35.5. The van der Waals surface area contributed by atoms with Crippen LogP contribution >= 0.6 is 11.6 Å². The van der Waals surface area contributed by atoms with E-state index in [4.69, 9.17) is 25.5 Å². The van der Waals surface area contributed by atoms with Crippen molar-refractivity contribution in [1.29, 1.82) is 0 Å². The van der Waals surface area contributed by atoms with Gasteiger partial charge in [0.25, 0.3) is 0 Å². The van der Waals surface area contributed by atoms with Crippen LogP contribution in [0.3, 0.4) is 0 Å². The molecule has 0 atom stereocenters. The number of hydrogen-bond acceptors (Lipinski definition) is 7. The van der Waals surface area contributed by atoms with E-state index in [0.717, 1.165) is 0 Å². The van der Waals surface area contributed by atoms with Crippen LogP contribution in [0.15, 0.2) is 87.1 Å². The maximum atomic E-state index is 13.4. The molecule has 0 aliphatic heterocycles. The molecule has 0 spiro atoms. The Balaban J connectivity index is 1.75. The van der Waals surface area contributed by atoms with Crippen LogP contribution in [0.4, 0.5) is 11.6 Å². The molecule has 1 heterocycles. The fourth-order valence-corrected chi connectivity index (χ4v) is 4.59. The molecule has 7 nitrogen and oxygen atoms in total. The Morgan fingerprint density at radius 2 is 1.41 bits per heavy atom. The Morgan fingerprint density at radius 3 is 1.97 bits per heavy atom. The number of aromatic nitrogens is 1. The molecular weight excluding hydrogens is 476 g/mol. The average Bonchev–Trinajstić information content (AvgIpc) is 3.26. The van der Waals surface area contributed by atoms with Gasteiger partial charge in [-0.05, 0) is 86.6 Å². The van der Waals surface area contributed by atoms with Crippen molar-refractivity contribution >= 4 is 33.0 Å². The first-order valence-corrected chi connectivity index (χ1v) is 12.5. The van der Waals surface area contributed by atoms with Crippen LogP contribution < -0.4 is 14.8 Å². The van der Waals surface area contributed by atoms with E-state index in [1.165, 1.54) is 24.3 Å². The Morgan fingerprint density at radius 1 is 0.853 bits per heavy atom. The van der Waals surface area contributed by atoms with Gasteiger partial charge in [-0.1, -0.05) is 11.6 Å². The lowest BCUT2D eigenvalue weighted by atomic mass is 10.2. The minimum atomic E-state index is -4.00. The number of halogens is 1. The summed E-state index contributed by atoms with van der Waals surface area (Å²) in [5.41, 5.74) is 1.22. The molecule has 1 N–H and O–H groups in total. The fraction of sp³-hybridized carbons (Fsp3) is 0.160. The highest BCUT2D eigenvalue weighted by molar-refractivity contribution is 7.91. The normalized spacial score (nSPS) is 11.3. The second-order valence-electron chi connectivity index (χ2n) is 7.15. The number of rotatable bonds is 9. The maximum Gasteiger partial charge on any atom is 0.238 e. The summed E-state index contributed by atoms with van der Waals surface area (Å²) in [6, 6.07) is 20.1. The van der Waals surface area contributed by atoms with Crippen molar-refractivity contribution in [3.05, 3.63) is 77.8 Å². The lowest BCUT2D eigenvalue weighted by molar-refractivity contribution is 0.340. The number of nitrogens with one attached hydrogen (secondary N) is 1. The first-order chi connectivity index (χ1) is 16.4. The van der Waals surface area contributed by atoms with Gasteiger partial charge < -0.3 is 19.2 Å². The van der Waals surface area contributed by atoms with Gasteiger partial charge in [0, 0.05) is 16.3 Å². The maximum absolute atomic E-state index is 13.4. The van der Waals surface area contributed by atoms with Crippen LogP contribution in [0.5, 0.6) is 11.5 Å². The zero-order chi connectivity index (χ0) is 24.1. The van der Waals surface area contributed by atoms with Crippen molar-refractivity contribution in [1.82, 2.24) is 4.98 Å². The van der Waals surface area contributed by atoms with Crippen molar-refractivity contribution in [3.63, 3.8) is 0 Å². The second kappa shape index (κ2) is 10.2. The molecule has 0 radical (unpaired) electrons. The third kappa shape index (κ3) is 5.18. The molecule has 9 heteroatoms. The first-order valence-electron chi connectivity index (χ1n) is 10.6. The molecule has 0 aliphatic rings. The summed E-state index contributed by atoms with van der Waals surface area (Å²) < 4.78 is 43.7. The first kappa shape index (κ1) is 23.7. The van der Waals surface area contributed by atoms with Crippen molar-refractivity contribution < 1.29 is 22.3 Å². The zero-order valence-electron chi connectivity index (χ0n) is 18.6. The molecular formula is C25H23ClN2O5S. The van der Waals surface area contributed by atoms with Gasteiger partial charge in [0.05, 0.1) is 18.1 Å². The van der Waals surface area contributed by atoms with Crippen LogP contribution in [-0.4, -0.2) is 26.6 Å². The van der Waals surface area contributed by atoms with Gasteiger partial charge in [0.1, 0.15) is 11.5 Å². The average molecular weight is 499 g/mol. The largest absolute Gasteiger partial charge is 0.494 e. The minimum Gasteiger partial charge on any atom is -0.494 e. The molecule has 0 saturated carbocycles. The Kier molecular flexibility index (Phi) is 7.09. The molecule has 0 aliphatic carbocycles. The number of hydrogen-bond donors (Lipinski definition) is 1.